The van der Waals surface area contributed by atoms with E-state index in [2.05, 4.69) is 10.4 Å². The van der Waals surface area contributed by atoms with Crippen LogP contribution in [0.4, 0.5) is 13.2 Å². The lowest BCUT2D eigenvalue weighted by molar-refractivity contribution is -0.145. The number of methoxy groups -OCH3 is 1. The van der Waals surface area contributed by atoms with Gasteiger partial charge in [-0.25, -0.2) is 0 Å². The van der Waals surface area contributed by atoms with Crippen molar-refractivity contribution in [2.75, 3.05) is 13.7 Å². The molecule has 30 heavy (non-hydrogen) atoms. The maximum atomic E-state index is 13.5. The van der Waals surface area contributed by atoms with E-state index >= 15 is 0 Å². The summed E-state index contributed by atoms with van der Waals surface area (Å²) >= 11 is 0. The van der Waals surface area contributed by atoms with Gasteiger partial charge in [0.2, 0.25) is 0 Å². The zero-order chi connectivity index (χ0) is 22.6. The Labute approximate surface area is 174 Å². The number of nitrogens with one attached hydrogen (secondary N) is 1. The van der Waals surface area contributed by atoms with Crippen molar-refractivity contribution in [3.63, 3.8) is 0 Å². The topological polar surface area (TPSA) is 65.4 Å². The molecule has 0 spiro atoms. The van der Waals surface area contributed by atoms with Gasteiger partial charge in [-0.2, -0.15) is 18.3 Å². The maximum absolute atomic E-state index is 13.5. The number of benzene rings is 1. The highest BCUT2D eigenvalue weighted by molar-refractivity contribution is 5.95. The van der Waals surface area contributed by atoms with Crippen molar-refractivity contribution in [2.45, 2.75) is 52.9 Å². The van der Waals surface area contributed by atoms with E-state index in [0.29, 0.717) is 29.6 Å². The van der Waals surface area contributed by atoms with Crippen LogP contribution < -0.4 is 14.8 Å². The molecule has 9 heteroatoms. The Bertz CT molecular complexity index is 876. The largest absolute Gasteiger partial charge is 0.493 e. The quantitative estimate of drug-likeness (QED) is 0.643. The van der Waals surface area contributed by atoms with Crippen molar-refractivity contribution in [3.05, 3.63) is 41.2 Å². The maximum Gasteiger partial charge on any atom is 0.433 e. The molecule has 1 aromatic carbocycles. The van der Waals surface area contributed by atoms with Gasteiger partial charge in [-0.15, -0.1) is 0 Å². The van der Waals surface area contributed by atoms with Crippen LogP contribution in [0.5, 0.6) is 11.5 Å². The second kappa shape index (κ2) is 9.40. The average Bonchev–Trinajstić information content (AvgIpc) is 3.12. The van der Waals surface area contributed by atoms with E-state index in [1.807, 2.05) is 13.8 Å². The van der Waals surface area contributed by atoms with Crippen LogP contribution in [0.25, 0.3) is 0 Å². The van der Waals surface area contributed by atoms with E-state index in [0.717, 1.165) is 10.9 Å². The van der Waals surface area contributed by atoms with Gasteiger partial charge >= 0.3 is 6.18 Å². The van der Waals surface area contributed by atoms with Crippen molar-refractivity contribution in [3.8, 4) is 11.5 Å². The third-order valence-electron chi connectivity index (χ3n) is 4.41. The number of carbonyl (C=O) groups excluding carboxylic acids is 1. The molecule has 2 rings (SSSR count). The Hall–Kier alpha value is -2.71. The lowest BCUT2D eigenvalue weighted by Gasteiger charge is -2.19. The Morgan fingerprint density at radius 1 is 1.17 bits per heavy atom. The molecule has 2 aromatic rings. The smallest absolute Gasteiger partial charge is 0.433 e. The zero-order valence-electron chi connectivity index (χ0n) is 18.0. The Balaban J connectivity index is 2.24. The van der Waals surface area contributed by atoms with Gasteiger partial charge in [0.05, 0.1) is 31.5 Å². The predicted molar refractivity (Wildman–Crippen MR) is 107 cm³/mol. The highest BCUT2D eigenvalue weighted by Crippen LogP contribution is 2.34. The van der Waals surface area contributed by atoms with Gasteiger partial charge in [0.25, 0.3) is 5.91 Å². The van der Waals surface area contributed by atoms with Crippen molar-refractivity contribution in [2.24, 2.45) is 5.92 Å². The lowest BCUT2D eigenvalue weighted by atomic mass is 10.1. The van der Waals surface area contributed by atoms with E-state index in [1.54, 1.807) is 39.0 Å². The first kappa shape index (κ1) is 23.6. The van der Waals surface area contributed by atoms with Crippen LogP contribution >= 0.6 is 0 Å². The minimum Gasteiger partial charge on any atom is -0.493 e. The molecule has 0 aliphatic rings. The molecular weight excluding hydrogens is 399 g/mol. The molecule has 0 saturated carbocycles. The first-order chi connectivity index (χ1) is 14.0. The lowest BCUT2D eigenvalue weighted by Crippen LogP contribution is -2.29. The number of halogens is 3. The van der Waals surface area contributed by atoms with E-state index < -0.39 is 35.4 Å². The highest BCUT2D eigenvalue weighted by Gasteiger charge is 2.40. The fraction of sp³-hybridized carbons (Fsp3) is 0.524. The summed E-state index contributed by atoms with van der Waals surface area (Å²) in [6.07, 6.45) is -3.75. The molecular formula is C21H28F3N3O3. The van der Waals surface area contributed by atoms with E-state index in [4.69, 9.17) is 9.47 Å². The van der Waals surface area contributed by atoms with E-state index in [9.17, 15) is 18.0 Å². The van der Waals surface area contributed by atoms with Gasteiger partial charge in [-0.1, -0.05) is 19.9 Å². The second-order valence-electron chi connectivity index (χ2n) is 7.75. The summed E-state index contributed by atoms with van der Waals surface area (Å²) < 4.78 is 52.4. The van der Waals surface area contributed by atoms with Crippen LogP contribution in [0, 0.1) is 5.92 Å². The third kappa shape index (κ3) is 5.46. The second-order valence-corrected chi connectivity index (χ2v) is 7.75. The monoisotopic (exact) mass is 427 g/mol. The van der Waals surface area contributed by atoms with Crippen molar-refractivity contribution < 1.29 is 27.4 Å². The molecule has 166 valence electrons. The van der Waals surface area contributed by atoms with Gasteiger partial charge in [-0.05, 0) is 44.4 Å². The third-order valence-corrected chi connectivity index (χ3v) is 4.41. The van der Waals surface area contributed by atoms with Gasteiger partial charge in [0, 0.05) is 6.04 Å². The number of hydrogen-bond donors (Lipinski definition) is 1. The predicted octanol–water partition coefficient (Wildman–Crippen LogP) is 5.02. The number of amides is 1. The fourth-order valence-corrected chi connectivity index (χ4v) is 2.89. The van der Waals surface area contributed by atoms with Gasteiger partial charge < -0.3 is 14.8 Å². The number of carbonyl (C=O) groups is 1. The van der Waals surface area contributed by atoms with Crippen LogP contribution in [0.2, 0.25) is 0 Å². The van der Waals surface area contributed by atoms with Crippen LogP contribution in [0.1, 0.15) is 68.3 Å². The minimum atomic E-state index is -4.70. The number of ether oxygens (including phenoxy) is 2. The molecule has 0 bridgehead atoms. The molecule has 1 atom stereocenters. The van der Waals surface area contributed by atoms with Crippen LogP contribution in [-0.4, -0.2) is 29.4 Å². The Morgan fingerprint density at radius 3 is 2.37 bits per heavy atom. The summed E-state index contributed by atoms with van der Waals surface area (Å²) in [5, 5.41) is 6.37. The van der Waals surface area contributed by atoms with E-state index in [-0.39, 0.29) is 0 Å². The number of rotatable bonds is 8. The molecule has 0 aliphatic heterocycles. The molecule has 1 unspecified atom stereocenters. The summed E-state index contributed by atoms with van der Waals surface area (Å²) in [5.41, 5.74) is -0.897. The number of hydrogen-bond acceptors (Lipinski definition) is 4. The van der Waals surface area contributed by atoms with Crippen molar-refractivity contribution >= 4 is 5.91 Å². The molecule has 1 aromatic heterocycles. The minimum absolute atomic E-state index is 0.335. The molecule has 1 N–H and O–H groups in total. The molecule has 1 amide bonds. The Morgan fingerprint density at radius 2 is 1.83 bits per heavy atom. The number of aromatic nitrogens is 2. The zero-order valence-corrected chi connectivity index (χ0v) is 18.0. The summed E-state index contributed by atoms with van der Waals surface area (Å²) in [6, 6.07) is 4.06. The van der Waals surface area contributed by atoms with Crippen LogP contribution in [-0.2, 0) is 6.18 Å². The molecule has 0 fully saturated rings. The van der Waals surface area contributed by atoms with Crippen LogP contribution in [0.15, 0.2) is 24.4 Å². The highest BCUT2D eigenvalue weighted by atomic mass is 19.4. The van der Waals surface area contributed by atoms with Crippen molar-refractivity contribution in [1.29, 1.82) is 0 Å². The number of nitrogens with zero attached hydrogens (tertiary/aromatic N) is 2. The SMILES string of the molecule is COc1cc(C(C)NC(=O)c2cnn(C(C)C)c2C(F)(F)F)ccc1OCC(C)C. The fourth-order valence-electron chi connectivity index (χ4n) is 2.89. The summed E-state index contributed by atoms with van der Waals surface area (Å²) in [5.74, 6) is 0.534. The van der Waals surface area contributed by atoms with Gasteiger partial charge in [0.1, 0.15) is 0 Å². The summed E-state index contributed by atoms with van der Waals surface area (Å²) in [7, 11) is 1.50. The summed E-state index contributed by atoms with van der Waals surface area (Å²) in [4.78, 5) is 12.6. The van der Waals surface area contributed by atoms with Crippen molar-refractivity contribution in [1.82, 2.24) is 15.1 Å². The van der Waals surface area contributed by atoms with Gasteiger partial charge in [0.15, 0.2) is 17.2 Å². The first-order valence-electron chi connectivity index (χ1n) is 9.72. The first-order valence-corrected chi connectivity index (χ1v) is 9.72. The molecule has 1 heterocycles. The molecule has 0 aliphatic carbocycles. The standard InChI is InChI=1S/C21H28F3N3O3/c1-12(2)11-30-17-8-7-15(9-18(17)29-6)14(5)26-20(28)16-10-25-27(13(3)4)19(16)21(22,23)24/h7-10,12-14H,11H2,1-6H3,(H,26,28). The summed E-state index contributed by atoms with van der Waals surface area (Å²) in [6.45, 7) is 9.39. The molecule has 0 radical (unpaired) electrons. The normalized spacial score (nSPS) is 12.9. The number of alkyl halides is 3. The van der Waals surface area contributed by atoms with Crippen LogP contribution in [0.3, 0.4) is 0 Å². The Kier molecular flexibility index (Phi) is 7.39. The molecule has 6 nitrogen and oxygen atoms in total. The molecule has 0 saturated heterocycles. The average molecular weight is 427 g/mol. The van der Waals surface area contributed by atoms with Gasteiger partial charge in [-0.3, -0.25) is 9.48 Å². The van der Waals surface area contributed by atoms with E-state index in [1.165, 1.54) is 7.11 Å².